The van der Waals surface area contributed by atoms with Crippen LogP contribution in [0.3, 0.4) is 0 Å². The first kappa shape index (κ1) is 25.3. The Morgan fingerprint density at radius 3 is 2.68 bits per heavy atom. The normalized spacial score (nSPS) is 18.8. The fourth-order valence-corrected chi connectivity index (χ4v) is 3.89. The molecule has 1 aromatic carbocycles. The van der Waals surface area contributed by atoms with Gasteiger partial charge in [-0.25, -0.2) is 13.2 Å². The van der Waals surface area contributed by atoms with Crippen LogP contribution in [-0.4, -0.2) is 68.2 Å². The van der Waals surface area contributed by atoms with Gasteiger partial charge in [0, 0.05) is 56.6 Å². The van der Waals surface area contributed by atoms with E-state index in [9.17, 15) is 18.0 Å². The lowest BCUT2D eigenvalue weighted by molar-refractivity contribution is -0.128. The number of nitrogens with one attached hydrogen (secondary N) is 5. The highest BCUT2D eigenvalue weighted by Crippen LogP contribution is 2.25. The Bertz CT molecular complexity index is 1020. The molecule has 0 radical (unpaired) electrons. The van der Waals surface area contributed by atoms with Crippen LogP contribution in [0.1, 0.15) is 25.3 Å². The summed E-state index contributed by atoms with van der Waals surface area (Å²) in [6.45, 7) is 3.39. The highest BCUT2D eigenvalue weighted by molar-refractivity contribution is 6.23. The molecule has 0 bridgehead atoms. The van der Waals surface area contributed by atoms with Crippen LogP contribution < -0.4 is 16.0 Å². The molecule has 34 heavy (non-hydrogen) atoms. The number of amides is 1. The molecule has 2 aliphatic rings. The third kappa shape index (κ3) is 5.96. The van der Waals surface area contributed by atoms with Crippen molar-refractivity contribution in [1.82, 2.24) is 15.5 Å². The highest BCUT2D eigenvalue weighted by atomic mass is 19.3. The second-order valence-electron chi connectivity index (χ2n) is 8.11. The molecule has 3 rings (SSSR count). The number of halogens is 3. The van der Waals surface area contributed by atoms with E-state index in [1.165, 1.54) is 32.3 Å². The number of carbonyl (C=O) groups is 1. The SMILES string of the molecule is CN/C=C(\C(=N)C(F)F)c1ccc(NC(=N)C2=C(NC3CCOC3)CCN(C(C)=O)C2)c(F)c1. The number of ether oxygens (including phenoxy) is 1. The van der Waals surface area contributed by atoms with Crippen LogP contribution in [0.15, 0.2) is 35.7 Å². The van der Waals surface area contributed by atoms with Gasteiger partial charge >= 0.3 is 0 Å². The van der Waals surface area contributed by atoms with E-state index in [1.807, 2.05) is 0 Å². The van der Waals surface area contributed by atoms with Crippen molar-refractivity contribution in [2.75, 3.05) is 38.7 Å². The number of anilines is 1. The van der Waals surface area contributed by atoms with E-state index in [0.29, 0.717) is 31.8 Å². The molecule has 0 spiro atoms. The highest BCUT2D eigenvalue weighted by Gasteiger charge is 2.27. The Morgan fingerprint density at radius 1 is 1.32 bits per heavy atom. The van der Waals surface area contributed by atoms with Gasteiger partial charge in [-0.3, -0.25) is 15.6 Å². The van der Waals surface area contributed by atoms with Crippen LogP contribution in [0, 0.1) is 16.6 Å². The van der Waals surface area contributed by atoms with Gasteiger partial charge in [-0.1, -0.05) is 6.07 Å². The molecule has 11 heteroatoms. The van der Waals surface area contributed by atoms with Crippen molar-refractivity contribution < 1.29 is 22.7 Å². The first-order valence-electron chi connectivity index (χ1n) is 10.9. The zero-order chi connectivity index (χ0) is 24.8. The fraction of sp³-hybridized carbons (Fsp3) is 0.435. The minimum Gasteiger partial charge on any atom is -0.393 e. The van der Waals surface area contributed by atoms with Crippen LogP contribution in [-0.2, 0) is 9.53 Å². The molecule has 2 heterocycles. The molecule has 184 valence electrons. The quantitative estimate of drug-likeness (QED) is 0.291. The number of allylic oxidation sites excluding steroid dienone is 1. The molecule has 1 amide bonds. The lowest BCUT2D eigenvalue weighted by Gasteiger charge is -2.32. The van der Waals surface area contributed by atoms with Crippen molar-refractivity contribution in [1.29, 1.82) is 10.8 Å². The minimum absolute atomic E-state index is 0.0165. The monoisotopic (exact) mass is 478 g/mol. The van der Waals surface area contributed by atoms with Crippen LogP contribution in [0.5, 0.6) is 0 Å². The lowest BCUT2D eigenvalue weighted by Crippen LogP contribution is -2.42. The molecule has 1 atom stereocenters. The Kier molecular flexibility index (Phi) is 8.32. The maximum atomic E-state index is 14.9. The topological polar surface area (TPSA) is 113 Å². The predicted molar refractivity (Wildman–Crippen MR) is 125 cm³/mol. The number of nitrogens with zero attached hydrogens (tertiary/aromatic N) is 1. The lowest BCUT2D eigenvalue weighted by atomic mass is 10.0. The Labute approximate surface area is 196 Å². The van der Waals surface area contributed by atoms with Crippen molar-refractivity contribution in [3.63, 3.8) is 0 Å². The van der Waals surface area contributed by atoms with E-state index in [2.05, 4.69) is 16.0 Å². The summed E-state index contributed by atoms with van der Waals surface area (Å²) in [5.41, 5.74) is 0.398. The summed E-state index contributed by atoms with van der Waals surface area (Å²) in [7, 11) is 1.50. The smallest absolute Gasteiger partial charge is 0.280 e. The van der Waals surface area contributed by atoms with E-state index in [4.69, 9.17) is 15.6 Å². The number of amidine groups is 1. The third-order valence-electron chi connectivity index (χ3n) is 5.74. The van der Waals surface area contributed by atoms with E-state index in [0.717, 1.165) is 18.2 Å². The zero-order valence-corrected chi connectivity index (χ0v) is 19.1. The summed E-state index contributed by atoms with van der Waals surface area (Å²) in [5.74, 6) is -0.940. The Morgan fingerprint density at radius 2 is 2.09 bits per heavy atom. The maximum absolute atomic E-state index is 14.9. The molecule has 1 fully saturated rings. The van der Waals surface area contributed by atoms with Gasteiger partial charge in [-0.2, -0.15) is 0 Å². The summed E-state index contributed by atoms with van der Waals surface area (Å²) >= 11 is 0. The van der Waals surface area contributed by atoms with Gasteiger partial charge in [0.2, 0.25) is 5.91 Å². The summed E-state index contributed by atoms with van der Waals surface area (Å²) < 4.78 is 46.4. The molecule has 1 aromatic rings. The summed E-state index contributed by atoms with van der Waals surface area (Å²) in [6.07, 6.45) is -0.427. The first-order chi connectivity index (χ1) is 16.2. The Hall–Kier alpha value is -3.34. The van der Waals surface area contributed by atoms with Gasteiger partial charge in [0.05, 0.1) is 24.9 Å². The van der Waals surface area contributed by atoms with Gasteiger partial charge in [0.15, 0.2) is 0 Å². The second-order valence-corrected chi connectivity index (χ2v) is 8.11. The average molecular weight is 479 g/mol. The van der Waals surface area contributed by atoms with E-state index in [-0.39, 0.29) is 41.2 Å². The van der Waals surface area contributed by atoms with Crippen LogP contribution in [0.4, 0.5) is 18.9 Å². The molecule has 8 nitrogen and oxygen atoms in total. The van der Waals surface area contributed by atoms with Crippen molar-refractivity contribution >= 4 is 28.7 Å². The molecule has 1 saturated heterocycles. The van der Waals surface area contributed by atoms with E-state index < -0.39 is 18.0 Å². The maximum Gasteiger partial charge on any atom is 0.280 e. The van der Waals surface area contributed by atoms with Gasteiger partial charge in [-0.15, -0.1) is 0 Å². The molecule has 1 unspecified atom stereocenters. The molecular formula is C23H29F3N6O2. The second kappa shape index (κ2) is 11.2. The van der Waals surface area contributed by atoms with E-state index in [1.54, 1.807) is 4.90 Å². The van der Waals surface area contributed by atoms with Gasteiger partial charge < -0.3 is 25.6 Å². The van der Waals surface area contributed by atoms with Crippen LogP contribution in [0.25, 0.3) is 5.57 Å². The first-order valence-corrected chi connectivity index (χ1v) is 10.9. The van der Waals surface area contributed by atoms with Crippen molar-refractivity contribution in [3.8, 4) is 0 Å². The summed E-state index contributed by atoms with van der Waals surface area (Å²) in [6, 6.07) is 3.90. The third-order valence-corrected chi connectivity index (χ3v) is 5.74. The fourth-order valence-electron chi connectivity index (χ4n) is 3.89. The summed E-state index contributed by atoms with van der Waals surface area (Å²) in [4.78, 5) is 13.5. The number of rotatable bonds is 8. The molecule has 5 N–H and O–H groups in total. The molecule has 0 aromatic heterocycles. The number of benzene rings is 1. The van der Waals surface area contributed by atoms with Gasteiger partial charge in [0.1, 0.15) is 17.4 Å². The summed E-state index contributed by atoms with van der Waals surface area (Å²) in [5, 5.41) is 24.9. The number of carbonyl (C=O) groups excluding carboxylic acids is 1. The van der Waals surface area contributed by atoms with E-state index >= 15 is 0 Å². The largest absolute Gasteiger partial charge is 0.393 e. The molecule has 0 aliphatic carbocycles. The van der Waals surface area contributed by atoms with Crippen LogP contribution in [0.2, 0.25) is 0 Å². The van der Waals surface area contributed by atoms with Gasteiger partial charge in [-0.05, 0) is 24.1 Å². The number of hydrogen-bond donors (Lipinski definition) is 5. The molecular weight excluding hydrogens is 449 g/mol. The molecule has 0 saturated carbocycles. The minimum atomic E-state index is -3.01. The van der Waals surface area contributed by atoms with Gasteiger partial charge in [0.25, 0.3) is 6.43 Å². The van der Waals surface area contributed by atoms with Crippen molar-refractivity contribution in [3.05, 3.63) is 47.0 Å². The zero-order valence-electron chi connectivity index (χ0n) is 19.1. The average Bonchev–Trinajstić information content (AvgIpc) is 3.31. The molecule has 2 aliphatic heterocycles. The standard InChI is InChI=1S/C23H29F3N6O2/c1-13(33)32-7-5-19(30-15-6-8-34-12-15)17(11-32)23(28)31-20-4-3-14(9-18(20)24)16(10-29-2)21(27)22(25)26/h3-4,9-10,15,22,27,29-30H,5-8,11-12H2,1-2H3,(H2,28,31)/b16-10-,27-21?. The van der Waals surface area contributed by atoms with Crippen LogP contribution >= 0.6 is 0 Å². The number of hydrogen-bond acceptors (Lipinski definition) is 6. The Balaban J connectivity index is 1.84. The van der Waals surface area contributed by atoms with Crippen molar-refractivity contribution in [2.24, 2.45) is 0 Å². The number of alkyl halides is 2. The van der Waals surface area contributed by atoms with Crippen molar-refractivity contribution in [2.45, 2.75) is 32.2 Å². The predicted octanol–water partition coefficient (Wildman–Crippen LogP) is 2.94.